The minimum absolute atomic E-state index is 0.113. The van der Waals surface area contributed by atoms with E-state index >= 15 is 0 Å². The van der Waals surface area contributed by atoms with E-state index < -0.39 is 6.04 Å². The van der Waals surface area contributed by atoms with Gasteiger partial charge in [0.15, 0.2) is 0 Å². The molecule has 1 aromatic rings. The number of aliphatic hydroxyl groups is 1. The topological polar surface area (TPSA) is 66.5 Å². The molecule has 0 spiro atoms. The molecular formula is C8H11NO2S. The summed E-state index contributed by atoms with van der Waals surface area (Å²) in [5.41, 5.74) is 6.31. The van der Waals surface area contributed by atoms with Crippen molar-refractivity contribution in [3.05, 3.63) is 23.8 Å². The molecule has 1 atom stereocenters. The number of benzene rings is 1. The van der Waals surface area contributed by atoms with Gasteiger partial charge in [0.1, 0.15) is 5.75 Å². The van der Waals surface area contributed by atoms with Crippen LogP contribution < -0.4 is 5.73 Å². The Balaban J connectivity index is 2.96. The normalized spacial score (nSPS) is 12.9. The van der Waals surface area contributed by atoms with Crippen molar-refractivity contribution < 1.29 is 10.2 Å². The number of aliphatic hydroxyl groups excluding tert-OH is 1. The van der Waals surface area contributed by atoms with E-state index in [1.807, 2.05) is 0 Å². The van der Waals surface area contributed by atoms with Gasteiger partial charge in [0, 0.05) is 4.90 Å². The molecule has 1 rings (SSSR count). The fourth-order valence-electron chi connectivity index (χ4n) is 0.877. The summed E-state index contributed by atoms with van der Waals surface area (Å²) in [6, 6.07) is 4.40. The number of phenolic OH excluding ortho intramolecular Hbond substituents is 1. The standard InChI is InChI=1S/C8H11NO2S/c9-6(4-10)5-1-2-7(11)8(12)3-5/h1-3,6,10-12H,4,9H2. The van der Waals surface area contributed by atoms with Crippen LogP contribution in [-0.4, -0.2) is 16.8 Å². The molecule has 0 saturated carbocycles. The quantitative estimate of drug-likeness (QED) is 0.512. The predicted octanol–water partition coefficient (Wildman–Crippen LogP) is 0.673. The molecule has 0 bridgehead atoms. The Bertz CT molecular complexity index is 278. The highest BCUT2D eigenvalue weighted by atomic mass is 32.1. The molecule has 0 amide bonds. The summed E-state index contributed by atoms with van der Waals surface area (Å²) in [5, 5.41) is 17.9. The molecule has 0 aliphatic rings. The molecule has 1 aromatic carbocycles. The van der Waals surface area contributed by atoms with Crippen molar-refractivity contribution in [2.75, 3.05) is 6.61 Å². The van der Waals surface area contributed by atoms with Gasteiger partial charge in [-0.2, -0.15) is 0 Å². The third-order valence-corrected chi connectivity index (χ3v) is 1.98. The van der Waals surface area contributed by atoms with E-state index in [4.69, 9.17) is 15.9 Å². The zero-order chi connectivity index (χ0) is 9.14. The van der Waals surface area contributed by atoms with Gasteiger partial charge in [-0.05, 0) is 17.7 Å². The van der Waals surface area contributed by atoms with Crippen LogP contribution in [0.4, 0.5) is 0 Å². The molecular weight excluding hydrogens is 174 g/mol. The molecule has 1 unspecified atom stereocenters. The number of aromatic hydroxyl groups is 1. The lowest BCUT2D eigenvalue weighted by Gasteiger charge is -2.09. The molecule has 0 aliphatic heterocycles. The zero-order valence-electron chi connectivity index (χ0n) is 6.44. The van der Waals surface area contributed by atoms with Crippen LogP contribution in [0.5, 0.6) is 5.75 Å². The van der Waals surface area contributed by atoms with Crippen molar-refractivity contribution in [1.82, 2.24) is 0 Å². The van der Waals surface area contributed by atoms with Gasteiger partial charge in [0.25, 0.3) is 0 Å². The highest BCUT2D eigenvalue weighted by Crippen LogP contribution is 2.23. The minimum atomic E-state index is -0.406. The molecule has 4 heteroatoms. The Kier molecular flexibility index (Phi) is 2.97. The van der Waals surface area contributed by atoms with E-state index in [0.717, 1.165) is 5.56 Å². The fourth-order valence-corrected chi connectivity index (χ4v) is 1.10. The maximum atomic E-state index is 9.12. The monoisotopic (exact) mass is 185 g/mol. The Morgan fingerprint density at radius 1 is 1.50 bits per heavy atom. The van der Waals surface area contributed by atoms with Crippen LogP contribution in [0.25, 0.3) is 0 Å². The van der Waals surface area contributed by atoms with Crippen molar-refractivity contribution in [2.45, 2.75) is 10.9 Å². The second-order valence-electron chi connectivity index (χ2n) is 2.54. The molecule has 0 aliphatic carbocycles. The molecule has 0 saturated heterocycles. The van der Waals surface area contributed by atoms with Crippen molar-refractivity contribution >= 4 is 12.6 Å². The lowest BCUT2D eigenvalue weighted by molar-refractivity contribution is 0.268. The van der Waals surface area contributed by atoms with E-state index in [2.05, 4.69) is 12.6 Å². The predicted molar refractivity (Wildman–Crippen MR) is 49.4 cm³/mol. The fraction of sp³-hybridized carbons (Fsp3) is 0.250. The summed E-state index contributed by atoms with van der Waals surface area (Å²) in [6.07, 6.45) is 0. The highest BCUT2D eigenvalue weighted by molar-refractivity contribution is 7.80. The van der Waals surface area contributed by atoms with Crippen molar-refractivity contribution in [2.24, 2.45) is 5.73 Å². The van der Waals surface area contributed by atoms with Crippen LogP contribution in [0.3, 0.4) is 0 Å². The number of hydrogen-bond acceptors (Lipinski definition) is 4. The summed E-state index contributed by atoms with van der Waals surface area (Å²) in [7, 11) is 0. The summed E-state index contributed by atoms with van der Waals surface area (Å²) in [6.45, 7) is -0.113. The SMILES string of the molecule is NC(CO)c1ccc(O)c(S)c1. The van der Waals surface area contributed by atoms with Crippen LogP contribution in [0.1, 0.15) is 11.6 Å². The largest absolute Gasteiger partial charge is 0.507 e. The van der Waals surface area contributed by atoms with E-state index in [1.54, 1.807) is 12.1 Å². The van der Waals surface area contributed by atoms with Crippen LogP contribution in [0, 0.1) is 0 Å². The maximum Gasteiger partial charge on any atom is 0.128 e. The Labute approximate surface area is 76.2 Å². The smallest absolute Gasteiger partial charge is 0.128 e. The van der Waals surface area contributed by atoms with Gasteiger partial charge in [0.2, 0.25) is 0 Å². The maximum absolute atomic E-state index is 9.12. The Morgan fingerprint density at radius 3 is 2.67 bits per heavy atom. The van der Waals surface area contributed by atoms with Gasteiger partial charge < -0.3 is 15.9 Å². The number of rotatable bonds is 2. The zero-order valence-corrected chi connectivity index (χ0v) is 7.33. The first-order valence-corrected chi connectivity index (χ1v) is 3.98. The summed E-state index contributed by atoms with van der Waals surface area (Å²) >= 11 is 4.01. The van der Waals surface area contributed by atoms with E-state index in [-0.39, 0.29) is 12.4 Å². The molecule has 0 aromatic heterocycles. The molecule has 3 nitrogen and oxygen atoms in total. The van der Waals surface area contributed by atoms with Crippen molar-refractivity contribution in [3.8, 4) is 5.75 Å². The van der Waals surface area contributed by atoms with Gasteiger partial charge in [0.05, 0.1) is 12.6 Å². The molecule has 4 N–H and O–H groups in total. The molecule has 66 valence electrons. The Morgan fingerprint density at radius 2 is 2.17 bits per heavy atom. The van der Waals surface area contributed by atoms with Gasteiger partial charge in [-0.25, -0.2) is 0 Å². The molecule has 0 fully saturated rings. The number of nitrogens with two attached hydrogens (primary N) is 1. The van der Waals surface area contributed by atoms with Crippen molar-refractivity contribution in [1.29, 1.82) is 0 Å². The third-order valence-electron chi connectivity index (χ3n) is 1.62. The van der Waals surface area contributed by atoms with Crippen LogP contribution in [0.15, 0.2) is 23.1 Å². The summed E-state index contributed by atoms with van der Waals surface area (Å²) in [5.74, 6) is 0.118. The second-order valence-corrected chi connectivity index (χ2v) is 3.02. The lowest BCUT2D eigenvalue weighted by atomic mass is 10.1. The van der Waals surface area contributed by atoms with E-state index in [1.165, 1.54) is 6.07 Å². The average Bonchev–Trinajstić information content (AvgIpc) is 2.08. The average molecular weight is 185 g/mol. The number of phenols is 1. The Hall–Kier alpha value is -0.710. The van der Waals surface area contributed by atoms with E-state index in [9.17, 15) is 0 Å². The summed E-state index contributed by atoms with van der Waals surface area (Å²) in [4.78, 5) is 0.469. The van der Waals surface area contributed by atoms with Crippen LogP contribution in [0.2, 0.25) is 0 Å². The van der Waals surface area contributed by atoms with Gasteiger partial charge in [-0.3, -0.25) is 0 Å². The first-order chi connectivity index (χ1) is 5.65. The molecule has 0 heterocycles. The third kappa shape index (κ3) is 1.91. The van der Waals surface area contributed by atoms with Crippen LogP contribution in [-0.2, 0) is 0 Å². The minimum Gasteiger partial charge on any atom is -0.507 e. The number of thiol groups is 1. The highest BCUT2D eigenvalue weighted by Gasteiger charge is 2.05. The lowest BCUT2D eigenvalue weighted by Crippen LogP contribution is -2.14. The number of hydrogen-bond donors (Lipinski definition) is 4. The van der Waals surface area contributed by atoms with Gasteiger partial charge in [-0.15, -0.1) is 12.6 Å². The second kappa shape index (κ2) is 3.80. The molecule has 12 heavy (non-hydrogen) atoms. The first-order valence-electron chi connectivity index (χ1n) is 3.53. The van der Waals surface area contributed by atoms with Crippen LogP contribution >= 0.6 is 12.6 Å². The van der Waals surface area contributed by atoms with E-state index in [0.29, 0.717) is 4.90 Å². The van der Waals surface area contributed by atoms with Gasteiger partial charge in [-0.1, -0.05) is 6.07 Å². The van der Waals surface area contributed by atoms with Gasteiger partial charge >= 0.3 is 0 Å². The molecule has 0 radical (unpaired) electrons. The van der Waals surface area contributed by atoms with Crippen molar-refractivity contribution in [3.63, 3.8) is 0 Å². The first kappa shape index (κ1) is 9.38. The summed E-state index contributed by atoms with van der Waals surface area (Å²) < 4.78 is 0.